The van der Waals surface area contributed by atoms with E-state index in [0.29, 0.717) is 24.0 Å². The first-order chi connectivity index (χ1) is 73.3. The number of nitrogens with one attached hydrogen (secondary N) is 1. The summed E-state index contributed by atoms with van der Waals surface area (Å²) in [6, 6.07) is 173. The van der Waals surface area contributed by atoms with Gasteiger partial charge in [0.15, 0.2) is 17.5 Å². The summed E-state index contributed by atoms with van der Waals surface area (Å²) in [7, 11) is 0. The molecule has 3 aliphatic carbocycles. The van der Waals surface area contributed by atoms with E-state index in [4.69, 9.17) is 44.1 Å². The maximum atomic E-state index is 7.50. The van der Waals surface area contributed by atoms with E-state index < -0.39 is 16.2 Å². The van der Waals surface area contributed by atoms with E-state index in [1.165, 1.54) is 61.2 Å². The summed E-state index contributed by atoms with van der Waals surface area (Å²) in [4.78, 5) is 32.8. The van der Waals surface area contributed by atoms with Crippen molar-refractivity contribution in [1.82, 2.24) is 35.2 Å². The van der Waals surface area contributed by atoms with Crippen LogP contribution in [0.2, 0.25) is 0 Å². The number of para-hydroxylation sites is 6. The molecular weight excluding hydrogens is 1800 g/mol. The minimum atomic E-state index is -0.805. The highest BCUT2D eigenvalue weighted by atomic mass is 16.5. The molecule has 690 valence electrons. The van der Waals surface area contributed by atoms with E-state index in [2.05, 4.69) is 479 Å². The Morgan fingerprint density at radius 1 is 0.196 bits per heavy atom. The fourth-order valence-corrected chi connectivity index (χ4v) is 25.0. The van der Waals surface area contributed by atoms with Crippen LogP contribution in [-0.2, 0) is 16.2 Å². The van der Waals surface area contributed by atoms with Gasteiger partial charge in [-0.1, -0.05) is 419 Å². The number of allylic oxidation sites excluding steroid dienone is 2. The molecule has 0 saturated carbocycles. The molecule has 0 fully saturated rings. The van der Waals surface area contributed by atoms with Gasteiger partial charge in [-0.25, -0.2) is 29.9 Å². The highest BCUT2D eigenvalue weighted by molar-refractivity contribution is 6.04. The third kappa shape index (κ3) is 12.8. The number of hydrogen-bond acceptors (Lipinski definition) is 10. The predicted molar refractivity (Wildman–Crippen MR) is 593 cm³/mol. The number of nitrogens with zero attached hydrogens (tertiary/aromatic N) is 6. The van der Waals surface area contributed by atoms with Crippen LogP contribution in [-0.4, -0.2) is 36.4 Å². The summed E-state index contributed by atoms with van der Waals surface area (Å²) in [6.07, 6.45) is 6.27. The molecule has 10 heteroatoms. The number of aromatic nitrogens is 6. The highest BCUT2D eigenvalue weighted by Crippen LogP contribution is 2.69. The van der Waals surface area contributed by atoms with Gasteiger partial charge < -0.3 is 19.5 Å². The zero-order valence-corrected chi connectivity index (χ0v) is 80.0. The molecule has 7 heterocycles. The first-order valence-corrected chi connectivity index (χ1v) is 50.5. The van der Waals surface area contributed by atoms with E-state index in [1.807, 2.05) is 24.3 Å². The lowest BCUT2D eigenvalue weighted by Crippen LogP contribution is -2.32. The number of fused-ring (bicyclic) bond motifs is 28. The molecule has 0 radical (unpaired) electrons. The van der Waals surface area contributed by atoms with Gasteiger partial charge in [-0.3, -0.25) is 0 Å². The summed E-state index contributed by atoms with van der Waals surface area (Å²) in [5.74, 6) is 6.52. The number of dihydropyridines is 1. The van der Waals surface area contributed by atoms with Gasteiger partial charge in [-0.15, -0.1) is 0 Å². The third-order valence-corrected chi connectivity index (χ3v) is 31.4. The van der Waals surface area contributed by atoms with E-state index in [0.717, 1.165) is 213 Å². The van der Waals surface area contributed by atoms with Crippen LogP contribution in [0.25, 0.3) is 185 Å². The molecule has 23 aromatic rings. The monoisotopic (exact) mass is 1890 g/mol. The van der Waals surface area contributed by atoms with Gasteiger partial charge in [0.05, 0.1) is 56.1 Å². The zero-order chi connectivity index (χ0) is 97.3. The normalized spacial score (nSPS) is 15.2. The lowest BCUT2D eigenvalue weighted by Gasteiger charge is -2.40. The van der Waals surface area contributed by atoms with E-state index >= 15 is 0 Å². The maximum Gasteiger partial charge on any atom is 0.160 e. The van der Waals surface area contributed by atoms with Gasteiger partial charge in [-0.05, 0) is 201 Å². The smallest absolute Gasteiger partial charge is 0.160 e. The largest absolute Gasteiger partial charge is 0.456 e. The van der Waals surface area contributed by atoms with Crippen molar-refractivity contribution in [2.24, 2.45) is 0 Å². The summed E-state index contributed by atoms with van der Waals surface area (Å²) >= 11 is 0. The summed E-state index contributed by atoms with van der Waals surface area (Å²) in [5, 5.41) is 5.70. The lowest BCUT2D eigenvalue weighted by atomic mass is 9.65. The second-order valence-electron chi connectivity index (χ2n) is 39.1. The first kappa shape index (κ1) is 84.3. The maximum absolute atomic E-state index is 7.50. The summed E-state index contributed by atoms with van der Waals surface area (Å²) in [6.45, 7) is 0.701. The topological polar surface area (TPSA) is 117 Å². The van der Waals surface area contributed by atoms with Crippen LogP contribution in [0.3, 0.4) is 0 Å². The molecule has 3 spiro atoms. The average Bonchev–Trinajstić information content (AvgIpc) is 1.51. The van der Waals surface area contributed by atoms with Crippen molar-refractivity contribution in [3.8, 4) is 203 Å². The summed E-state index contributed by atoms with van der Waals surface area (Å²) < 4.78 is 22.1. The molecule has 2 atom stereocenters. The molecule has 2 unspecified atom stereocenters. The molecule has 4 aliphatic heterocycles. The molecule has 0 amide bonds. The van der Waals surface area contributed by atoms with Crippen LogP contribution >= 0.6 is 0 Å². The Labute approximate surface area is 855 Å². The molecule has 30 rings (SSSR count). The number of hydrogen-bond donors (Lipinski definition) is 1. The fourth-order valence-electron chi connectivity index (χ4n) is 25.0. The van der Waals surface area contributed by atoms with Crippen molar-refractivity contribution < 1.29 is 14.2 Å². The van der Waals surface area contributed by atoms with E-state index in [-0.39, 0.29) is 0 Å². The van der Waals surface area contributed by atoms with E-state index in [9.17, 15) is 0 Å². The van der Waals surface area contributed by atoms with Crippen LogP contribution in [0.1, 0.15) is 72.5 Å². The van der Waals surface area contributed by atoms with Crippen molar-refractivity contribution >= 4 is 16.5 Å². The van der Waals surface area contributed by atoms with Gasteiger partial charge in [0.2, 0.25) is 0 Å². The van der Waals surface area contributed by atoms with Crippen LogP contribution in [0.5, 0.6) is 34.5 Å². The highest BCUT2D eigenvalue weighted by Gasteiger charge is 2.56. The molecule has 148 heavy (non-hydrogen) atoms. The Bertz CT molecular complexity index is 9550. The SMILES string of the molecule is C1=CCNC(c2cc(-c3cccc4c3Oc3ccccc3C43c4ccccc4-c4c(-c5ccc6c(-c7cc(-c8cccc9c8Oc8ccccc8C98c9ccccc9-c9cc(-c%10cccc(-c%11ccc(-c%12cc(-c%13cccc%14c%13Oc%13ccccc%13C%14%13c%14ccccc%14-c%14ccccc%14%13)nc(-c%13ccc(-c%14ccccc%14)cc%13)n%12)cc%11)c%10)ccc98)nc(-c8ccccc8)n7)cccc6c5)cccc43)nc(-c3ccccc3)n2)=C1. The molecule has 20 aromatic carbocycles. The van der Waals surface area contributed by atoms with Gasteiger partial charge >= 0.3 is 0 Å². The Morgan fingerprint density at radius 2 is 0.520 bits per heavy atom. The number of benzene rings is 20. The average molecular weight is 1890 g/mol. The van der Waals surface area contributed by atoms with Crippen molar-refractivity contribution in [3.05, 3.63) is 570 Å². The first-order valence-electron chi connectivity index (χ1n) is 50.5. The lowest BCUT2D eigenvalue weighted by molar-refractivity contribution is 0.437. The fraction of sp³-hybridized carbons (Fsp3) is 0.0290. The predicted octanol–water partition coefficient (Wildman–Crippen LogP) is 33.1. The molecule has 7 aliphatic rings. The van der Waals surface area contributed by atoms with Gasteiger partial charge in [0, 0.05) is 84.4 Å². The quantitative estimate of drug-likeness (QED) is 0.120. The van der Waals surface area contributed by atoms with Gasteiger partial charge in [-0.2, -0.15) is 0 Å². The van der Waals surface area contributed by atoms with Crippen molar-refractivity contribution in [1.29, 1.82) is 0 Å². The van der Waals surface area contributed by atoms with Crippen LogP contribution in [0.4, 0.5) is 0 Å². The molecule has 0 bridgehead atoms. The second kappa shape index (κ2) is 33.3. The van der Waals surface area contributed by atoms with Crippen LogP contribution in [0.15, 0.2) is 497 Å². The molecular formula is C138H85N7O3. The van der Waals surface area contributed by atoms with E-state index in [1.54, 1.807) is 0 Å². The third-order valence-electron chi connectivity index (χ3n) is 31.4. The van der Waals surface area contributed by atoms with Crippen molar-refractivity contribution in [2.45, 2.75) is 16.2 Å². The van der Waals surface area contributed by atoms with Crippen LogP contribution < -0.4 is 19.5 Å². The van der Waals surface area contributed by atoms with Crippen LogP contribution in [0, 0.1) is 0 Å². The summed E-state index contributed by atoms with van der Waals surface area (Å²) in [5.41, 5.74) is 40.2. The Balaban J connectivity index is 0.502. The van der Waals surface area contributed by atoms with Gasteiger partial charge in [0.25, 0.3) is 0 Å². The molecule has 10 nitrogen and oxygen atoms in total. The molecule has 0 saturated heterocycles. The van der Waals surface area contributed by atoms with Crippen molar-refractivity contribution in [2.75, 3.05) is 6.54 Å². The Morgan fingerprint density at radius 3 is 1.05 bits per heavy atom. The Kier molecular flexibility index (Phi) is 19.0. The number of ether oxygens (including phenoxy) is 3. The standard InChI is InChI=1S/C138H85N7O3/c1-4-32-84(33-5-1)85-67-71-90(72-68-85)135-140-120(81-122(142-135)103-47-29-58-116-130(103)146-126-62-21-18-54-112(126)136(116)107-50-14-10-41-98(107)99-42-11-15-51-108(99)136)87-69-65-86(66-70-87)91-38-26-39-92(78-91)93-74-76-111-106(80-93)100-43-12-16-52-109(100)137(111)113-55-19-22-63-127(113)147-131-104(48-30-59-117(131)137)123-82-121(141-133(143-123)88-34-6-2-7-35-88)101-46-27-40-94-79-95(73-75-96(94)101)97-45-28-57-115-129(97)102-44-13-17-53-110(102)138(115)114-56-20-23-64-128(114)148-132-105(49-31-60-118(132)138)124-83-125(119-61-24-25-77-139-119)145-134(144-124)89-36-8-3-9-37-89/h1-76,78-83,139H,77H2. The number of rotatable bonds is 13. The second-order valence-corrected chi connectivity index (χ2v) is 39.1. The molecule has 1 N–H and O–H groups in total. The zero-order valence-electron chi connectivity index (χ0n) is 80.0. The Hall–Kier alpha value is -19.4. The minimum Gasteiger partial charge on any atom is -0.456 e. The van der Waals surface area contributed by atoms with Gasteiger partial charge in [0.1, 0.15) is 34.5 Å². The van der Waals surface area contributed by atoms with Crippen molar-refractivity contribution in [3.63, 3.8) is 0 Å². The minimum absolute atomic E-state index is 0.603. The molecule has 3 aromatic heterocycles.